The fraction of sp³-hybridized carbons (Fsp3) is 0.467. The van der Waals surface area contributed by atoms with Gasteiger partial charge in [0.25, 0.3) is 0 Å². The number of carbonyl (C=O) groups is 2. The molecule has 1 aromatic carbocycles. The van der Waals surface area contributed by atoms with Crippen molar-refractivity contribution in [1.29, 1.82) is 0 Å². The van der Waals surface area contributed by atoms with Crippen molar-refractivity contribution in [3.63, 3.8) is 0 Å². The van der Waals surface area contributed by atoms with Gasteiger partial charge in [-0.05, 0) is 37.6 Å². The summed E-state index contributed by atoms with van der Waals surface area (Å²) >= 11 is 12.0. The second-order valence-corrected chi connectivity index (χ2v) is 7.37. The lowest BCUT2D eigenvalue weighted by Gasteiger charge is -2.13. The van der Waals surface area contributed by atoms with E-state index in [0.29, 0.717) is 17.8 Å². The van der Waals surface area contributed by atoms with Crippen LogP contribution in [0.4, 0.5) is 11.4 Å². The Morgan fingerprint density at radius 1 is 1.10 bits per heavy atom. The van der Waals surface area contributed by atoms with Gasteiger partial charge in [-0.25, -0.2) is 0 Å². The quantitative estimate of drug-likeness (QED) is 0.826. The predicted molar refractivity (Wildman–Crippen MR) is 85.7 cm³/mol. The third kappa shape index (κ3) is 3.33. The van der Waals surface area contributed by atoms with Crippen LogP contribution in [0.2, 0.25) is 0 Å². The van der Waals surface area contributed by atoms with Crippen LogP contribution in [-0.2, 0) is 9.59 Å². The average Bonchev–Trinajstić information content (AvgIpc) is 2.92. The fourth-order valence-corrected chi connectivity index (χ4v) is 2.54. The minimum atomic E-state index is -0.984. The molecule has 1 aromatic rings. The Balaban J connectivity index is 1.97. The van der Waals surface area contributed by atoms with Crippen LogP contribution in [0, 0.1) is 11.3 Å². The first-order valence-corrected chi connectivity index (χ1v) is 7.51. The number of rotatable bonds is 4. The second kappa shape index (κ2) is 5.50. The minimum Gasteiger partial charge on any atom is -0.326 e. The second-order valence-electron chi connectivity index (χ2n) is 5.89. The summed E-state index contributed by atoms with van der Waals surface area (Å²) in [6.45, 7) is 5.38. The monoisotopic (exact) mass is 328 g/mol. The van der Waals surface area contributed by atoms with Gasteiger partial charge in [0.2, 0.25) is 11.8 Å². The summed E-state index contributed by atoms with van der Waals surface area (Å²) in [7, 11) is 0. The lowest BCUT2D eigenvalue weighted by molar-refractivity contribution is -0.120. The number of hydrogen-bond acceptors (Lipinski definition) is 2. The lowest BCUT2D eigenvalue weighted by atomic mass is 10.1. The van der Waals surface area contributed by atoms with Gasteiger partial charge in [0.1, 0.15) is 4.33 Å². The molecule has 1 atom stereocenters. The van der Waals surface area contributed by atoms with E-state index in [1.54, 1.807) is 31.2 Å². The van der Waals surface area contributed by atoms with Crippen molar-refractivity contribution in [1.82, 2.24) is 0 Å². The third-order valence-electron chi connectivity index (χ3n) is 3.69. The summed E-state index contributed by atoms with van der Waals surface area (Å²) in [4.78, 5) is 23.7. The first-order valence-electron chi connectivity index (χ1n) is 6.76. The van der Waals surface area contributed by atoms with Gasteiger partial charge in [-0.15, -0.1) is 23.2 Å². The summed E-state index contributed by atoms with van der Waals surface area (Å²) in [6.07, 6.45) is 0.442. The van der Waals surface area contributed by atoms with E-state index in [1.807, 2.05) is 13.8 Å². The molecule has 0 heterocycles. The number of halogens is 2. The molecular weight excluding hydrogens is 311 g/mol. The number of nitrogens with one attached hydrogen (secondary N) is 2. The number of anilines is 2. The van der Waals surface area contributed by atoms with Crippen molar-refractivity contribution in [2.75, 3.05) is 10.6 Å². The van der Waals surface area contributed by atoms with Crippen LogP contribution in [-0.4, -0.2) is 16.1 Å². The lowest BCUT2D eigenvalue weighted by Crippen LogP contribution is -2.25. The highest BCUT2D eigenvalue weighted by molar-refractivity contribution is 6.53. The van der Waals surface area contributed by atoms with Gasteiger partial charge in [-0.3, -0.25) is 9.59 Å². The zero-order chi connectivity index (χ0) is 15.8. The number of benzene rings is 1. The normalized spacial score (nSPS) is 22.8. The molecule has 0 bridgehead atoms. The van der Waals surface area contributed by atoms with Crippen molar-refractivity contribution in [2.24, 2.45) is 11.3 Å². The molecule has 0 aliphatic heterocycles. The van der Waals surface area contributed by atoms with Crippen LogP contribution < -0.4 is 10.6 Å². The van der Waals surface area contributed by atoms with Crippen molar-refractivity contribution in [3.8, 4) is 0 Å². The molecule has 0 radical (unpaired) electrons. The highest BCUT2D eigenvalue weighted by atomic mass is 35.5. The Hall–Kier alpha value is -1.26. The van der Waals surface area contributed by atoms with Crippen molar-refractivity contribution >= 4 is 46.4 Å². The molecule has 21 heavy (non-hydrogen) atoms. The molecule has 6 heteroatoms. The SMILES string of the molecule is CC(C)C(=O)Nc1ccc(NC(=O)C2(C)CC2(Cl)Cl)cc1. The van der Waals surface area contributed by atoms with Gasteiger partial charge in [-0.2, -0.15) is 0 Å². The van der Waals surface area contributed by atoms with E-state index in [-0.39, 0.29) is 17.7 Å². The van der Waals surface area contributed by atoms with Crippen LogP contribution in [0.1, 0.15) is 27.2 Å². The Bertz CT molecular complexity index is 570. The van der Waals surface area contributed by atoms with Gasteiger partial charge < -0.3 is 10.6 Å². The number of carbonyl (C=O) groups excluding carboxylic acids is 2. The van der Waals surface area contributed by atoms with Crippen molar-refractivity contribution in [2.45, 2.75) is 31.5 Å². The molecule has 2 N–H and O–H groups in total. The average molecular weight is 329 g/mol. The molecule has 1 unspecified atom stereocenters. The standard InChI is InChI=1S/C15H18Cl2N2O2/c1-9(2)12(20)18-10-4-6-11(7-5-10)19-13(21)14(3)8-15(14,16)17/h4-7,9H,8H2,1-3H3,(H,18,20)(H,19,21). The largest absolute Gasteiger partial charge is 0.326 e. The fourth-order valence-electron chi connectivity index (χ4n) is 1.84. The molecule has 1 fully saturated rings. The zero-order valence-corrected chi connectivity index (χ0v) is 13.7. The highest BCUT2D eigenvalue weighted by Gasteiger charge is 2.67. The van der Waals surface area contributed by atoms with E-state index in [2.05, 4.69) is 10.6 Å². The van der Waals surface area contributed by atoms with Crippen LogP contribution in [0.5, 0.6) is 0 Å². The summed E-state index contributed by atoms with van der Waals surface area (Å²) in [6, 6.07) is 6.92. The highest BCUT2D eigenvalue weighted by Crippen LogP contribution is 2.64. The molecule has 2 amide bonds. The first kappa shape index (κ1) is 16.1. The molecular formula is C15H18Cl2N2O2. The molecule has 4 nitrogen and oxygen atoms in total. The zero-order valence-electron chi connectivity index (χ0n) is 12.2. The summed E-state index contributed by atoms with van der Waals surface area (Å²) in [5.74, 6) is -0.336. The van der Waals surface area contributed by atoms with Gasteiger partial charge in [0, 0.05) is 17.3 Å². The maximum atomic E-state index is 12.1. The molecule has 2 rings (SSSR count). The number of hydrogen-bond donors (Lipinski definition) is 2. The molecule has 0 aromatic heterocycles. The maximum Gasteiger partial charge on any atom is 0.233 e. The van der Waals surface area contributed by atoms with Gasteiger partial charge >= 0.3 is 0 Å². The van der Waals surface area contributed by atoms with E-state index in [4.69, 9.17) is 23.2 Å². The Morgan fingerprint density at radius 2 is 1.52 bits per heavy atom. The van der Waals surface area contributed by atoms with E-state index >= 15 is 0 Å². The van der Waals surface area contributed by atoms with E-state index in [0.717, 1.165) is 0 Å². The van der Waals surface area contributed by atoms with E-state index in [9.17, 15) is 9.59 Å². The Kier molecular flexibility index (Phi) is 4.22. The van der Waals surface area contributed by atoms with Gasteiger partial charge in [0.15, 0.2) is 0 Å². The van der Waals surface area contributed by atoms with Crippen molar-refractivity contribution in [3.05, 3.63) is 24.3 Å². The van der Waals surface area contributed by atoms with E-state index in [1.165, 1.54) is 0 Å². The van der Waals surface area contributed by atoms with Gasteiger partial charge in [0.05, 0.1) is 5.41 Å². The molecule has 0 saturated heterocycles. The van der Waals surface area contributed by atoms with Crippen LogP contribution in [0.25, 0.3) is 0 Å². The number of alkyl halides is 2. The third-order valence-corrected chi connectivity index (χ3v) is 4.80. The summed E-state index contributed by atoms with van der Waals surface area (Å²) in [5, 5.41) is 5.57. The summed E-state index contributed by atoms with van der Waals surface area (Å²) < 4.78 is -0.984. The van der Waals surface area contributed by atoms with E-state index < -0.39 is 9.75 Å². The Morgan fingerprint density at radius 3 is 1.90 bits per heavy atom. The topological polar surface area (TPSA) is 58.2 Å². The van der Waals surface area contributed by atoms with Crippen LogP contribution in [0.15, 0.2) is 24.3 Å². The Labute approximate surface area is 134 Å². The molecule has 1 aliphatic rings. The minimum absolute atomic E-state index is 0.0497. The van der Waals surface area contributed by atoms with Crippen LogP contribution in [0.3, 0.4) is 0 Å². The maximum absolute atomic E-state index is 12.1. The molecule has 1 saturated carbocycles. The smallest absolute Gasteiger partial charge is 0.233 e. The van der Waals surface area contributed by atoms with Crippen LogP contribution >= 0.6 is 23.2 Å². The van der Waals surface area contributed by atoms with Crippen molar-refractivity contribution < 1.29 is 9.59 Å². The first-order chi connectivity index (χ1) is 9.65. The summed E-state index contributed by atoms with van der Waals surface area (Å²) in [5.41, 5.74) is 0.578. The molecule has 0 spiro atoms. The molecule has 114 valence electrons. The van der Waals surface area contributed by atoms with Gasteiger partial charge in [-0.1, -0.05) is 13.8 Å². The number of amides is 2. The molecule has 1 aliphatic carbocycles. The predicted octanol–water partition coefficient (Wildman–Crippen LogP) is 3.80.